The van der Waals surface area contributed by atoms with E-state index in [1.807, 2.05) is 18.2 Å². The molecule has 2 N–H and O–H groups in total. The zero-order valence-corrected chi connectivity index (χ0v) is 13.8. The molecule has 1 aromatic heterocycles. The molecule has 1 aromatic carbocycles. The molecule has 25 heavy (non-hydrogen) atoms. The van der Waals surface area contributed by atoms with Gasteiger partial charge in [0.05, 0.1) is 6.54 Å². The molecule has 0 aliphatic rings. The first-order chi connectivity index (χ1) is 12.1. The number of nitrogens with zero attached hydrogens (tertiary/aromatic N) is 1. The lowest BCUT2D eigenvalue weighted by Gasteiger charge is -2.15. The van der Waals surface area contributed by atoms with Gasteiger partial charge in [-0.05, 0) is 18.6 Å². The van der Waals surface area contributed by atoms with Crippen LogP contribution in [0.2, 0.25) is 0 Å². The molecular weight excluding hydrogens is 324 g/mol. The van der Waals surface area contributed by atoms with Crippen molar-refractivity contribution in [2.45, 2.75) is 25.7 Å². The third kappa shape index (κ3) is 6.23. The molecule has 1 amide bonds. The van der Waals surface area contributed by atoms with Crippen LogP contribution in [0.15, 0.2) is 54.7 Å². The fourth-order valence-electron chi connectivity index (χ4n) is 1.90. The summed E-state index contributed by atoms with van der Waals surface area (Å²) in [5.41, 5.74) is 0.810. The average Bonchev–Trinajstić information content (AvgIpc) is 2.65. The van der Waals surface area contributed by atoms with Gasteiger partial charge in [0.15, 0.2) is 12.2 Å². The molecule has 7 nitrogen and oxygen atoms in total. The predicted molar refractivity (Wildman–Crippen MR) is 89.6 cm³/mol. The van der Waals surface area contributed by atoms with Gasteiger partial charge in [-0.25, -0.2) is 9.78 Å². The second-order valence-electron chi connectivity index (χ2n) is 5.28. The lowest BCUT2D eigenvalue weighted by atomic mass is 10.2. The molecule has 2 aromatic rings. The van der Waals surface area contributed by atoms with Crippen molar-refractivity contribution in [2.75, 3.05) is 6.54 Å². The van der Waals surface area contributed by atoms with E-state index in [1.54, 1.807) is 43.5 Å². The van der Waals surface area contributed by atoms with E-state index in [2.05, 4.69) is 10.3 Å². The molecule has 132 valence electrons. The number of hydrogen-bond donors (Lipinski definition) is 2. The smallest absolute Gasteiger partial charge is 0.337 e. The maximum absolute atomic E-state index is 11.9. The van der Waals surface area contributed by atoms with Crippen molar-refractivity contribution >= 4 is 11.9 Å². The molecule has 1 heterocycles. The number of aromatic nitrogens is 1. The number of amides is 1. The first kappa shape index (κ1) is 18.4. The topological polar surface area (TPSA) is 97.8 Å². The lowest BCUT2D eigenvalue weighted by Crippen LogP contribution is -2.42. The Morgan fingerprint density at radius 2 is 1.88 bits per heavy atom. The van der Waals surface area contributed by atoms with E-state index >= 15 is 0 Å². The average molecular weight is 344 g/mol. The summed E-state index contributed by atoms with van der Waals surface area (Å²) in [5.74, 6) is -0.962. The van der Waals surface area contributed by atoms with Crippen molar-refractivity contribution in [3.8, 4) is 5.88 Å². The Balaban J connectivity index is 1.71. The molecule has 2 rings (SSSR count). The first-order valence-electron chi connectivity index (χ1n) is 7.80. The van der Waals surface area contributed by atoms with E-state index in [9.17, 15) is 14.7 Å². The van der Waals surface area contributed by atoms with Crippen LogP contribution in [0.25, 0.3) is 0 Å². The van der Waals surface area contributed by atoms with E-state index in [-0.39, 0.29) is 13.2 Å². The van der Waals surface area contributed by atoms with Gasteiger partial charge < -0.3 is 19.9 Å². The molecule has 0 bridgehead atoms. The Morgan fingerprint density at radius 3 is 2.56 bits per heavy atom. The van der Waals surface area contributed by atoms with Crippen LogP contribution in [-0.4, -0.2) is 40.7 Å². The molecule has 2 atom stereocenters. The van der Waals surface area contributed by atoms with Gasteiger partial charge in [-0.1, -0.05) is 36.4 Å². The number of ether oxygens (including phenoxy) is 2. The molecule has 0 unspecified atom stereocenters. The first-order valence-corrected chi connectivity index (χ1v) is 7.80. The van der Waals surface area contributed by atoms with E-state index in [4.69, 9.17) is 9.47 Å². The number of esters is 1. The van der Waals surface area contributed by atoms with Gasteiger partial charge in [-0.3, -0.25) is 4.79 Å². The number of hydrogen-bond acceptors (Lipinski definition) is 6. The summed E-state index contributed by atoms with van der Waals surface area (Å²) in [6.07, 6.45) is -0.718. The Bertz CT molecular complexity index is 678. The summed E-state index contributed by atoms with van der Waals surface area (Å²) < 4.78 is 10.4. The van der Waals surface area contributed by atoms with E-state index in [1.165, 1.54) is 0 Å². The number of aliphatic hydroxyl groups excluding tert-OH is 1. The second kappa shape index (κ2) is 9.39. The molecule has 0 radical (unpaired) electrons. The van der Waals surface area contributed by atoms with Crippen molar-refractivity contribution in [2.24, 2.45) is 0 Å². The predicted octanol–water partition coefficient (Wildman–Crippen LogP) is 1.07. The maximum Gasteiger partial charge on any atom is 0.337 e. The summed E-state index contributed by atoms with van der Waals surface area (Å²) in [6, 6.07) is 14.2. The monoisotopic (exact) mass is 344 g/mol. The minimum Gasteiger partial charge on any atom is -0.465 e. The number of pyridine rings is 1. The zero-order chi connectivity index (χ0) is 18.1. The molecule has 0 aliphatic carbocycles. The fraction of sp³-hybridized carbons (Fsp3) is 0.278. The van der Waals surface area contributed by atoms with Crippen LogP contribution in [0, 0.1) is 0 Å². The molecular formula is C18H20N2O5. The number of carbonyl (C=O) groups excluding carboxylic acids is 2. The third-order valence-electron chi connectivity index (χ3n) is 3.27. The highest BCUT2D eigenvalue weighted by molar-refractivity contribution is 5.82. The van der Waals surface area contributed by atoms with Crippen molar-refractivity contribution in [3.63, 3.8) is 0 Å². The molecule has 0 aliphatic heterocycles. The number of nitrogens with one attached hydrogen (secondary N) is 1. The normalized spacial score (nSPS) is 12.7. The zero-order valence-electron chi connectivity index (χ0n) is 13.8. The highest BCUT2D eigenvalue weighted by Gasteiger charge is 2.20. The molecule has 0 saturated heterocycles. The van der Waals surface area contributed by atoms with Crippen molar-refractivity contribution < 1.29 is 24.2 Å². The van der Waals surface area contributed by atoms with Gasteiger partial charge in [0.2, 0.25) is 5.88 Å². The van der Waals surface area contributed by atoms with Gasteiger partial charge in [0.25, 0.3) is 5.91 Å². The highest BCUT2D eigenvalue weighted by atomic mass is 16.5. The van der Waals surface area contributed by atoms with E-state index in [0.717, 1.165) is 5.56 Å². The van der Waals surface area contributed by atoms with Crippen LogP contribution < -0.4 is 10.1 Å². The summed E-state index contributed by atoms with van der Waals surface area (Å²) in [6.45, 7) is 1.34. The second-order valence-corrected chi connectivity index (χ2v) is 5.28. The van der Waals surface area contributed by atoms with Gasteiger partial charge in [-0.2, -0.15) is 0 Å². The Hall–Kier alpha value is -2.93. The van der Waals surface area contributed by atoms with Gasteiger partial charge >= 0.3 is 5.97 Å². The van der Waals surface area contributed by atoms with Gasteiger partial charge in [0.1, 0.15) is 6.61 Å². The number of aliphatic hydroxyl groups is 1. The van der Waals surface area contributed by atoms with Crippen LogP contribution >= 0.6 is 0 Å². The van der Waals surface area contributed by atoms with Gasteiger partial charge in [-0.15, -0.1) is 0 Å². The minimum absolute atomic E-state index is 0.0594. The Labute approximate surface area is 145 Å². The highest BCUT2D eigenvalue weighted by Crippen LogP contribution is 2.06. The maximum atomic E-state index is 11.9. The van der Waals surface area contributed by atoms with E-state index in [0.29, 0.717) is 5.88 Å². The largest absolute Gasteiger partial charge is 0.465 e. The van der Waals surface area contributed by atoms with E-state index < -0.39 is 24.1 Å². The van der Waals surface area contributed by atoms with Crippen molar-refractivity contribution in [1.29, 1.82) is 0 Å². The number of rotatable bonds is 8. The minimum atomic E-state index is -1.45. The van der Waals surface area contributed by atoms with Crippen LogP contribution in [0.1, 0.15) is 12.5 Å². The standard InChI is InChI=1S/C18H20N2O5/c1-13(25-16-9-5-6-10-19-16)17(22)20-11-15(21)18(23)24-12-14-7-3-2-4-8-14/h2-10,13,15,21H,11-12H2,1H3,(H,20,22)/t13-,15+/m0/s1. The quantitative estimate of drug-likeness (QED) is 0.695. The van der Waals surface area contributed by atoms with Crippen molar-refractivity contribution in [3.05, 3.63) is 60.3 Å². The summed E-state index contributed by atoms with van der Waals surface area (Å²) in [7, 11) is 0. The molecule has 0 fully saturated rings. The molecule has 7 heteroatoms. The third-order valence-corrected chi connectivity index (χ3v) is 3.27. The van der Waals surface area contributed by atoms with Crippen LogP contribution in [0.3, 0.4) is 0 Å². The van der Waals surface area contributed by atoms with Crippen LogP contribution in [0.5, 0.6) is 5.88 Å². The fourth-order valence-corrected chi connectivity index (χ4v) is 1.90. The Morgan fingerprint density at radius 1 is 1.16 bits per heavy atom. The number of carbonyl (C=O) groups is 2. The lowest BCUT2D eigenvalue weighted by molar-refractivity contribution is -0.154. The molecule has 0 saturated carbocycles. The number of benzene rings is 1. The Kier molecular flexibility index (Phi) is 6.91. The summed E-state index contributed by atoms with van der Waals surface area (Å²) in [5, 5.41) is 12.2. The molecule has 0 spiro atoms. The summed E-state index contributed by atoms with van der Waals surface area (Å²) >= 11 is 0. The summed E-state index contributed by atoms with van der Waals surface area (Å²) in [4.78, 5) is 27.6. The van der Waals surface area contributed by atoms with Crippen molar-refractivity contribution in [1.82, 2.24) is 10.3 Å². The SMILES string of the molecule is C[C@H](Oc1ccccn1)C(=O)NC[C@@H](O)C(=O)OCc1ccccc1. The van der Waals surface area contributed by atoms with Crippen LogP contribution in [0.4, 0.5) is 0 Å². The van der Waals surface area contributed by atoms with Crippen LogP contribution in [-0.2, 0) is 20.9 Å². The van der Waals surface area contributed by atoms with Gasteiger partial charge in [0, 0.05) is 12.3 Å².